The molecular weight excluding hydrogens is 333 g/mol. The summed E-state index contributed by atoms with van der Waals surface area (Å²) >= 11 is 6.14. The van der Waals surface area contributed by atoms with Gasteiger partial charge in [0.25, 0.3) is 0 Å². The number of likely N-dealkylation sites (tertiary alicyclic amines) is 1. The van der Waals surface area contributed by atoms with Crippen molar-refractivity contribution in [1.29, 1.82) is 0 Å². The first-order chi connectivity index (χ1) is 10.6. The van der Waals surface area contributed by atoms with E-state index in [0.717, 1.165) is 25.3 Å². The lowest BCUT2D eigenvalue weighted by Gasteiger charge is -2.34. The van der Waals surface area contributed by atoms with Crippen LogP contribution in [0.15, 0.2) is 30.9 Å². The summed E-state index contributed by atoms with van der Waals surface area (Å²) in [5, 5.41) is 4.94. The van der Waals surface area contributed by atoms with E-state index >= 15 is 0 Å². The maximum atomic E-state index is 6.14. The number of aromatic nitrogens is 3. The van der Waals surface area contributed by atoms with E-state index in [1.165, 1.54) is 18.4 Å². The molecular formula is C16H23Cl2N5. The van der Waals surface area contributed by atoms with Gasteiger partial charge in [0.15, 0.2) is 0 Å². The Balaban J connectivity index is 0.00000192. The summed E-state index contributed by atoms with van der Waals surface area (Å²) in [4.78, 5) is 6.50. The zero-order valence-electron chi connectivity index (χ0n) is 13.2. The van der Waals surface area contributed by atoms with E-state index in [1.807, 2.05) is 12.1 Å². The number of piperidine rings is 1. The molecule has 0 radical (unpaired) electrons. The van der Waals surface area contributed by atoms with E-state index in [1.54, 1.807) is 17.3 Å². The van der Waals surface area contributed by atoms with E-state index < -0.39 is 0 Å². The van der Waals surface area contributed by atoms with Gasteiger partial charge in [-0.3, -0.25) is 4.90 Å². The van der Waals surface area contributed by atoms with Crippen molar-refractivity contribution in [2.75, 3.05) is 13.1 Å². The number of nitrogens with zero attached hydrogens (tertiary/aromatic N) is 4. The normalized spacial score (nSPS) is 17.7. The van der Waals surface area contributed by atoms with Gasteiger partial charge in [-0.2, -0.15) is 5.10 Å². The molecule has 2 N–H and O–H groups in total. The summed E-state index contributed by atoms with van der Waals surface area (Å²) in [6.45, 7) is 5.19. The predicted octanol–water partition coefficient (Wildman–Crippen LogP) is 2.90. The highest BCUT2D eigenvalue weighted by Gasteiger charge is 2.22. The molecule has 0 spiro atoms. The molecule has 1 unspecified atom stereocenters. The van der Waals surface area contributed by atoms with Crippen LogP contribution in [0.5, 0.6) is 0 Å². The summed E-state index contributed by atoms with van der Waals surface area (Å²) in [5.74, 6) is 0.649. The van der Waals surface area contributed by atoms with Crippen LogP contribution in [-0.2, 0) is 6.54 Å². The van der Waals surface area contributed by atoms with Crippen LogP contribution in [-0.4, -0.2) is 38.8 Å². The fourth-order valence-corrected chi connectivity index (χ4v) is 3.26. The van der Waals surface area contributed by atoms with Gasteiger partial charge < -0.3 is 5.73 Å². The van der Waals surface area contributed by atoms with Crippen LogP contribution in [0.1, 0.15) is 25.3 Å². The Hall–Kier alpha value is -1.14. The lowest BCUT2D eigenvalue weighted by Crippen LogP contribution is -2.39. The SMILES string of the molecule is CC(N)C1CCN(Cc2ccc(Cl)cc2-n2cncn2)CC1.Cl. The van der Waals surface area contributed by atoms with E-state index in [-0.39, 0.29) is 12.4 Å². The standard InChI is InChI=1S/C16H22ClN5.ClH/c1-12(18)13-4-6-21(7-5-13)9-14-2-3-15(17)8-16(14)22-11-19-10-20-22;/h2-3,8,10-13H,4-7,9,18H2,1H3;1H. The summed E-state index contributed by atoms with van der Waals surface area (Å²) in [6.07, 6.45) is 5.59. The van der Waals surface area contributed by atoms with Gasteiger partial charge in [0.2, 0.25) is 0 Å². The summed E-state index contributed by atoms with van der Waals surface area (Å²) in [6, 6.07) is 6.26. The minimum absolute atomic E-state index is 0. The van der Waals surface area contributed by atoms with Crippen LogP contribution in [0.3, 0.4) is 0 Å². The molecule has 0 aliphatic carbocycles. The lowest BCUT2D eigenvalue weighted by atomic mass is 9.91. The van der Waals surface area contributed by atoms with E-state index in [9.17, 15) is 0 Å². The Morgan fingerprint density at radius 2 is 2.09 bits per heavy atom. The van der Waals surface area contributed by atoms with Gasteiger partial charge >= 0.3 is 0 Å². The average molecular weight is 356 g/mol. The molecule has 2 heterocycles. The Bertz CT molecular complexity index is 607. The predicted molar refractivity (Wildman–Crippen MR) is 95.3 cm³/mol. The third-order valence-corrected chi connectivity index (χ3v) is 4.72. The van der Waals surface area contributed by atoms with Crippen LogP contribution in [0, 0.1) is 5.92 Å². The molecule has 1 fully saturated rings. The van der Waals surface area contributed by atoms with Gasteiger partial charge in [-0.15, -0.1) is 12.4 Å². The van der Waals surface area contributed by atoms with Crippen molar-refractivity contribution >= 4 is 24.0 Å². The largest absolute Gasteiger partial charge is 0.328 e. The smallest absolute Gasteiger partial charge is 0.138 e. The first-order valence-electron chi connectivity index (χ1n) is 7.75. The van der Waals surface area contributed by atoms with Crippen molar-refractivity contribution in [3.05, 3.63) is 41.4 Å². The highest BCUT2D eigenvalue weighted by molar-refractivity contribution is 6.30. The van der Waals surface area contributed by atoms with Crippen molar-refractivity contribution in [3.8, 4) is 5.69 Å². The molecule has 0 bridgehead atoms. The molecule has 1 atom stereocenters. The van der Waals surface area contributed by atoms with Crippen molar-refractivity contribution in [1.82, 2.24) is 19.7 Å². The van der Waals surface area contributed by atoms with Crippen molar-refractivity contribution in [2.24, 2.45) is 11.7 Å². The minimum Gasteiger partial charge on any atom is -0.328 e. The molecule has 23 heavy (non-hydrogen) atoms. The van der Waals surface area contributed by atoms with Crippen molar-refractivity contribution < 1.29 is 0 Å². The average Bonchev–Trinajstić information content (AvgIpc) is 3.04. The van der Waals surface area contributed by atoms with E-state index in [2.05, 4.69) is 28.0 Å². The van der Waals surface area contributed by atoms with Gasteiger partial charge in [0.1, 0.15) is 12.7 Å². The fourth-order valence-electron chi connectivity index (χ4n) is 3.09. The number of hydrogen-bond donors (Lipinski definition) is 1. The number of rotatable bonds is 4. The van der Waals surface area contributed by atoms with Gasteiger partial charge in [0.05, 0.1) is 5.69 Å². The number of halogens is 2. The Morgan fingerprint density at radius 1 is 1.35 bits per heavy atom. The molecule has 5 nitrogen and oxygen atoms in total. The monoisotopic (exact) mass is 355 g/mol. The molecule has 1 aliphatic heterocycles. The maximum Gasteiger partial charge on any atom is 0.138 e. The molecule has 1 aromatic heterocycles. The van der Waals surface area contributed by atoms with Gasteiger partial charge in [-0.1, -0.05) is 17.7 Å². The Morgan fingerprint density at radius 3 is 2.70 bits per heavy atom. The third-order valence-electron chi connectivity index (χ3n) is 4.48. The van der Waals surface area contributed by atoms with Crippen LogP contribution in [0.25, 0.3) is 5.69 Å². The van der Waals surface area contributed by atoms with Crippen LogP contribution >= 0.6 is 24.0 Å². The second kappa shape index (κ2) is 8.11. The zero-order chi connectivity index (χ0) is 15.5. The molecule has 1 aromatic carbocycles. The Labute approximate surface area is 148 Å². The van der Waals surface area contributed by atoms with E-state index in [4.69, 9.17) is 17.3 Å². The number of nitrogens with two attached hydrogens (primary N) is 1. The van der Waals surface area contributed by atoms with Crippen LogP contribution < -0.4 is 5.73 Å². The third kappa shape index (κ3) is 4.44. The molecule has 2 aromatic rings. The van der Waals surface area contributed by atoms with Gasteiger partial charge in [0, 0.05) is 17.6 Å². The molecule has 1 saturated heterocycles. The van der Waals surface area contributed by atoms with Crippen LogP contribution in [0.4, 0.5) is 0 Å². The van der Waals surface area contributed by atoms with Crippen LogP contribution in [0.2, 0.25) is 5.02 Å². The zero-order valence-corrected chi connectivity index (χ0v) is 14.8. The van der Waals surface area contributed by atoms with Crippen molar-refractivity contribution in [3.63, 3.8) is 0 Å². The second-order valence-corrected chi connectivity index (χ2v) is 6.52. The summed E-state index contributed by atoms with van der Waals surface area (Å²) < 4.78 is 1.77. The quantitative estimate of drug-likeness (QED) is 0.915. The first kappa shape index (κ1) is 18.2. The van der Waals surface area contributed by atoms with Crippen molar-refractivity contribution in [2.45, 2.75) is 32.4 Å². The molecule has 3 rings (SSSR count). The fraction of sp³-hybridized carbons (Fsp3) is 0.500. The molecule has 126 valence electrons. The maximum absolute atomic E-state index is 6.14. The number of hydrogen-bond acceptors (Lipinski definition) is 4. The summed E-state index contributed by atoms with van der Waals surface area (Å²) in [5.41, 5.74) is 8.23. The topological polar surface area (TPSA) is 60.0 Å². The minimum atomic E-state index is 0. The van der Waals surface area contributed by atoms with Gasteiger partial charge in [-0.05, 0) is 56.5 Å². The highest BCUT2D eigenvalue weighted by Crippen LogP contribution is 2.24. The second-order valence-electron chi connectivity index (χ2n) is 6.09. The first-order valence-corrected chi connectivity index (χ1v) is 8.12. The molecule has 1 aliphatic rings. The highest BCUT2D eigenvalue weighted by atomic mass is 35.5. The Kier molecular flexibility index (Phi) is 6.41. The number of benzene rings is 1. The van der Waals surface area contributed by atoms with Gasteiger partial charge in [-0.25, -0.2) is 9.67 Å². The summed E-state index contributed by atoms with van der Waals surface area (Å²) in [7, 11) is 0. The molecule has 0 amide bonds. The molecule has 7 heteroatoms. The van der Waals surface area contributed by atoms with E-state index in [0.29, 0.717) is 17.0 Å². The lowest BCUT2D eigenvalue weighted by molar-refractivity contribution is 0.165. The molecule has 0 saturated carbocycles.